The molecule has 0 aromatic heterocycles. The van der Waals surface area contributed by atoms with E-state index in [4.69, 9.17) is 4.99 Å². The van der Waals surface area contributed by atoms with E-state index in [1.807, 2.05) is 12.3 Å². The second-order valence-electron chi connectivity index (χ2n) is 6.74. The molecule has 0 bridgehead atoms. The SMILES string of the molecule is C=CCCC(C)(C1=NCCCCCCC/C=N/N1)c1ccccc1. The average Bonchev–Trinajstić information content (AvgIpc) is 2.61. The van der Waals surface area contributed by atoms with Crippen LogP contribution >= 0.6 is 0 Å². The van der Waals surface area contributed by atoms with Crippen molar-refractivity contribution in [1.29, 1.82) is 0 Å². The summed E-state index contributed by atoms with van der Waals surface area (Å²) in [5.74, 6) is 0.979. The third-order valence-electron chi connectivity index (χ3n) is 4.81. The van der Waals surface area contributed by atoms with Crippen LogP contribution in [0.5, 0.6) is 0 Å². The van der Waals surface area contributed by atoms with E-state index < -0.39 is 0 Å². The fraction of sp³-hybridized carbons (Fsp3) is 0.524. The summed E-state index contributed by atoms with van der Waals surface area (Å²) in [6.45, 7) is 7.03. The van der Waals surface area contributed by atoms with Crippen LogP contribution in [0.15, 0.2) is 53.1 Å². The van der Waals surface area contributed by atoms with Crippen molar-refractivity contribution < 1.29 is 0 Å². The zero-order valence-corrected chi connectivity index (χ0v) is 15.0. The van der Waals surface area contributed by atoms with Gasteiger partial charge in [0.25, 0.3) is 0 Å². The van der Waals surface area contributed by atoms with E-state index in [1.165, 1.54) is 31.2 Å². The van der Waals surface area contributed by atoms with E-state index in [1.54, 1.807) is 0 Å². The van der Waals surface area contributed by atoms with Gasteiger partial charge in [0.1, 0.15) is 5.84 Å². The number of benzene rings is 1. The van der Waals surface area contributed by atoms with Gasteiger partial charge in [-0.3, -0.25) is 10.4 Å². The van der Waals surface area contributed by atoms with Crippen molar-refractivity contribution in [1.82, 2.24) is 5.43 Å². The van der Waals surface area contributed by atoms with Crippen molar-refractivity contribution in [3.05, 3.63) is 48.6 Å². The first kappa shape index (κ1) is 18.4. The van der Waals surface area contributed by atoms with Crippen LogP contribution < -0.4 is 5.43 Å². The highest BCUT2D eigenvalue weighted by atomic mass is 15.3. The summed E-state index contributed by atoms with van der Waals surface area (Å²) in [5, 5.41) is 4.45. The van der Waals surface area contributed by atoms with Gasteiger partial charge >= 0.3 is 0 Å². The van der Waals surface area contributed by atoms with Crippen LogP contribution in [-0.4, -0.2) is 18.6 Å². The average molecular weight is 326 g/mol. The van der Waals surface area contributed by atoms with Crippen LogP contribution in [0.25, 0.3) is 0 Å². The third-order valence-corrected chi connectivity index (χ3v) is 4.81. The number of aliphatic imine (C=N–C) groups is 1. The predicted molar refractivity (Wildman–Crippen MR) is 105 cm³/mol. The lowest BCUT2D eigenvalue weighted by Gasteiger charge is -2.31. The Kier molecular flexibility index (Phi) is 7.73. The van der Waals surface area contributed by atoms with Crippen LogP contribution in [0.4, 0.5) is 0 Å². The fourth-order valence-corrected chi connectivity index (χ4v) is 3.17. The molecule has 1 aliphatic heterocycles. The first-order valence-corrected chi connectivity index (χ1v) is 9.26. The smallest absolute Gasteiger partial charge is 0.127 e. The van der Waals surface area contributed by atoms with Crippen LogP contribution in [0.3, 0.4) is 0 Å². The molecule has 0 radical (unpaired) electrons. The number of nitrogens with zero attached hydrogens (tertiary/aromatic N) is 2. The van der Waals surface area contributed by atoms with E-state index >= 15 is 0 Å². The van der Waals surface area contributed by atoms with Crippen LogP contribution in [-0.2, 0) is 5.41 Å². The molecule has 1 atom stereocenters. The van der Waals surface area contributed by atoms with E-state index in [9.17, 15) is 0 Å². The van der Waals surface area contributed by atoms with Gasteiger partial charge < -0.3 is 0 Å². The van der Waals surface area contributed by atoms with E-state index in [0.29, 0.717) is 0 Å². The van der Waals surface area contributed by atoms with Crippen LogP contribution in [0.1, 0.15) is 63.9 Å². The number of hydrazone groups is 1. The molecule has 1 N–H and O–H groups in total. The van der Waals surface area contributed by atoms with Gasteiger partial charge in [-0.05, 0) is 44.6 Å². The molecule has 3 heteroatoms. The molecule has 3 nitrogen and oxygen atoms in total. The molecule has 1 aromatic rings. The summed E-state index contributed by atoms with van der Waals surface area (Å²) in [6.07, 6.45) is 13.2. The Morgan fingerprint density at radius 2 is 1.88 bits per heavy atom. The maximum absolute atomic E-state index is 4.92. The Morgan fingerprint density at radius 1 is 1.12 bits per heavy atom. The molecule has 1 aromatic carbocycles. The van der Waals surface area contributed by atoms with Crippen molar-refractivity contribution in [2.45, 2.75) is 63.7 Å². The molecule has 0 fully saturated rings. The van der Waals surface area contributed by atoms with Crippen molar-refractivity contribution in [3.63, 3.8) is 0 Å². The highest BCUT2D eigenvalue weighted by Crippen LogP contribution is 2.30. The minimum atomic E-state index is -0.170. The standard InChI is InChI=1S/C21H31N3/c1-3-4-16-21(2,19-14-10-9-11-15-19)20-22-17-12-7-5-6-8-13-18-23-24-20/h3,9-11,14-15,18H,1,4-8,12-13,16-17H2,2H3,(H,22,24)/b23-18+. The largest absolute Gasteiger partial charge is 0.270 e. The first-order valence-electron chi connectivity index (χ1n) is 9.26. The Labute approximate surface area is 147 Å². The van der Waals surface area contributed by atoms with E-state index in [0.717, 1.165) is 38.1 Å². The molecule has 1 unspecified atom stereocenters. The van der Waals surface area contributed by atoms with Gasteiger partial charge in [-0.1, -0.05) is 55.7 Å². The fourth-order valence-electron chi connectivity index (χ4n) is 3.17. The molecule has 0 spiro atoms. The van der Waals surface area contributed by atoms with E-state index in [-0.39, 0.29) is 5.41 Å². The summed E-state index contributed by atoms with van der Waals surface area (Å²) in [7, 11) is 0. The number of hydrogen-bond donors (Lipinski definition) is 1. The molecule has 0 saturated heterocycles. The molecule has 130 valence electrons. The Hall–Kier alpha value is -1.90. The third kappa shape index (κ3) is 5.33. The monoisotopic (exact) mass is 325 g/mol. The van der Waals surface area contributed by atoms with Gasteiger partial charge in [-0.25, -0.2) is 0 Å². The molecule has 2 rings (SSSR count). The minimum absolute atomic E-state index is 0.170. The highest BCUT2D eigenvalue weighted by Gasteiger charge is 2.32. The number of allylic oxidation sites excluding steroid dienone is 1. The number of amidine groups is 1. The summed E-state index contributed by atoms with van der Waals surface area (Å²) in [6, 6.07) is 10.6. The van der Waals surface area contributed by atoms with E-state index in [2.05, 4.69) is 54.4 Å². The van der Waals surface area contributed by atoms with Gasteiger partial charge in [0.2, 0.25) is 0 Å². The molecule has 0 saturated carbocycles. The van der Waals surface area contributed by atoms with Crippen molar-refractivity contribution in [2.24, 2.45) is 10.1 Å². The van der Waals surface area contributed by atoms with Crippen LogP contribution in [0.2, 0.25) is 0 Å². The molecule has 1 aliphatic rings. The highest BCUT2D eigenvalue weighted by molar-refractivity contribution is 5.93. The maximum Gasteiger partial charge on any atom is 0.127 e. The Balaban J connectivity index is 2.29. The summed E-state index contributed by atoms with van der Waals surface area (Å²) < 4.78 is 0. The van der Waals surface area contributed by atoms with Crippen LogP contribution in [0, 0.1) is 0 Å². The molecule has 1 heterocycles. The van der Waals surface area contributed by atoms with Gasteiger partial charge in [0.05, 0.1) is 5.41 Å². The van der Waals surface area contributed by atoms with Crippen molar-refractivity contribution >= 4 is 12.1 Å². The lowest BCUT2D eigenvalue weighted by molar-refractivity contribution is 0.557. The maximum atomic E-state index is 4.92. The lowest BCUT2D eigenvalue weighted by atomic mass is 9.77. The minimum Gasteiger partial charge on any atom is -0.270 e. The first-order chi connectivity index (χ1) is 11.8. The molecule has 0 aliphatic carbocycles. The zero-order valence-electron chi connectivity index (χ0n) is 15.0. The molecular weight excluding hydrogens is 294 g/mol. The van der Waals surface area contributed by atoms with Gasteiger partial charge in [-0.15, -0.1) is 6.58 Å². The number of rotatable bonds is 5. The summed E-state index contributed by atoms with van der Waals surface area (Å²) in [4.78, 5) is 4.92. The summed E-state index contributed by atoms with van der Waals surface area (Å²) >= 11 is 0. The lowest BCUT2D eigenvalue weighted by Crippen LogP contribution is -2.40. The topological polar surface area (TPSA) is 36.8 Å². The Bertz CT molecular complexity index is 547. The Morgan fingerprint density at radius 3 is 2.67 bits per heavy atom. The molecule has 0 amide bonds. The van der Waals surface area contributed by atoms with Gasteiger partial charge in [0.15, 0.2) is 0 Å². The van der Waals surface area contributed by atoms with Gasteiger partial charge in [0, 0.05) is 12.8 Å². The second-order valence-corrected chi connectivity index (χ2v) is 6.74. The predicted octanol–water partition coefficient (Wildman–Crippen LogP) is 5.24. The molecule has 24 heavy (non-hydrogen) atoms. The normalized spacial score (nSPS) is 20.5. The number of hydrogen-bond acceptors (Lipinski definition) is 3. The quantitative estimate of drug-likeness (QED) is 0.739. The number of nitrogens with one attached hydrogen (secondary N) is 1. The second kappa shape index (κ2) is 10.1. The van der Waals surface area contributed by atoms with Crippen molar-refractivity contribution in [3.8, 4) is 0 Å². The zero-order chi connectivity index (χ0) is 17.1. The summed E-state index contributed by atoms with van der Waals surface area (Å²) in [5.41, 5.74) is 4.38. The van der Waals surface area contributed by atoms with Gasteiger partial charge in [-0.2, -0.15) is 5.10 Å². The molecular formula is C21H31N3. The van der Waals surface area contributed by atoms with Crippen molar-refractivity contribution in [2.75, 3.05) is 6.54 Å².